The first-order chi connectivity index (χ1) is 8.25. The van der Waals surface area contributed by atoms with Crippen LogP contribution in [-0.4, -0.2) is 26.0 Å². The molecule has 5 heteroatoms. The molecule has 0 aliphatic carbocycles. The molecule has 0 radical (unpaired) electrons. The zero-order valence-electron chi connectivity index (χ0n) is 9.96. The molecule has 0 atom stereocenters. The van der Waals surface area contributed by atoms with Gasteiger partial charge in [0.15, 0.2) is 5.82 Å². The van der Waals surface area contributed by atoms with Crippen molar-refractivity contribution in [2.75, 3.05) is 0 Å². The zero-order chi connectivity index (χ0) is 12.1. The summed E-state index contributed by atoms with van der Waals surface area (Å²) < 4.78 is 0. The molecule has 2 aromatic heterocycles. The molecule has 0 saturated heterocycles. The lowest BCUT2D eigenvalue weighted by Gasteiger charge is -2.07. The van der Waals surface area contributed by atoms with Crippen LogP contribution in [0.3, 0.4) is 0 Å². The quantitative estimate of drug-likeness (QED) is 0.859. The van der Waals surface area contributed by atoms with Crippen molar-refractivity contribution in [3.05, 3.63) is 36.5 Å². The lowest BCUT2D eigenvalue weighted by Crippen LogP contribution is -2.22. The number of rotatable bonds is 4. The fourth-order valence-corrected chi connectivity index (χ4v) is 1.35. The minimum atomic E-state index is 0.437. The van der Waals surface area contributed by atoms with Gasteiger partial charge >= 0.3 is 0 Å². The molecule has 2 aromatic rings. The summed E-state index contributed by atoms with van der Waals surface area (Å²) in [5.74, 6) is 0.635. The van der Waals surface area contributed by atoms with Crippen molar-refractivity contribution in [1.82, 2.24) is 25.3 Å². The van der Waals surface area contributed by atoms with Gasteiger partial charge in [0.25, 0.3) is 0 Å². The molecule has 0 fully saturated rings. The monoisotopic (exact) mass is 229 g/mol. The predicted octanol–water partition coefficient (Wildman–Crippen LogP) is 1.43. The summed E-state index contributed by atoms with van der Waals surface area (Å²) in [7, 11) is 0. The van der Waals surface area contributed by atoms with E-state index in [2.05, 4.69) is 39.1 Å². The summed E-state index contributed by atoms with van der Waals surface area (Å²) in [4.78, 5) is 16.7. The standard InChI is InChI=1S/C12H15N5/c1-9(2)15-7-10-3-6-14-12(17-10)11-4-5-13-8-16-11/h3-6,8-9,15H,7H2,1-2H3. The molecule has 2 heterocycles. The maximum absolute atomic E-state index is 4.45. The van der Waals surface area contributed by atoms with Gasteiger partial charge in [-0.2, -0.15) is 0 Å². The van der Waals surface area contributed by atoms with Gasteiger partial charge in [-0.15, -0.1) is 0 Å². The van der Waals surface area contributed by atoms with E-state index in [9.17, 15) is 0 Å². The molecular weight excluding hydrogens is 214 g/mol. The molecule has 0 amide bonds. The van der Waals surface area contributed by atoms with Crippen LogP contribution in [0.5, 0.6) is 0 Å². The molecule has 2 rings (SSSR count). The Labute approximate surface area is 100 Å². The molecule has 0 spiro atoms. The molecule has 0 saturated carbocycles. The van der Waals surface area contributed by atoms with Gasteiger partial charge in [-0.25, -0.2) is 19.9 Å². The van der Waals surface area contributed by atoms with Crippen LogP contribution in [-0.2, 0) is 6.54 Å². The van der Waals surface area contributed by atoms with Gasteiger partial charge in [0.05, 0.1) is 5.69 Å². The fourth-order valence-electron chi connectivity index (χ4n) is 1.35. The Bertz CT molecular complexity index is 469. The Hall–Kier alpha value is -1.88. The lowest BCUT2D eigenvalue weighted by molar-refractivity contribution is 0.581. The van der Waals surface area contributed by atoms with Gasteiger partial charge in [-0.3, -0.25) is 0 Å². The number of hydrogen-bond donors (Lipinski definition) is 1. The Morgan fingerprint density at radius 2 is 2.06 bits per heavy atom. The van der Waals surface area contributed by atoms with Crippen LogP contribution in [0.4, 0.5) is 0 Å². The third kappa shape index (κ3) is 3.29. The second-order valence-corrected chi connectivity index (χ2v) is 4.00. The highest BCUT2D eigenvalue weighted by molar-refractivity contribution is 5.47. The van der Waals surface area contributed by atoms with E-state index in [1.54, 1.807) is 18.5 Å². The minimum absolute atomic E-state index is 0.437. The van der Waals surface area contributed by atoms with E-state index in [1.807, 2.05) is 6.07 Å². The molecule has 5 nitrogen and oxygen atoms in total. The summed E-state index contributed by atoms with van der Waals surface area (Å²) in [6.45, 7) is 4.94. The largest absolute Gasteiger partial charge is 0.309 e. The maximum atomic E-state index is 4.45. The highest BCUT2D eigenvalue weighted by atomic mass is 15.0. The Morgan fingerprint density at radius 3 is 2.76 bits per heavy atom. The average molecular weight is 229 g/mol. The number of aromatic nitrogens is 4. The molecule has 0 unspecified atom stereocenters. The summed E-state index contributed by atoms with van der Waals surface area (Å²) in [5, 5.41) is 3.32. The second kappa shape index (κ2) is 5.45. The van der Waals surface area contributed by atoms with Crippen molar-refractivity contribution < 1.29 is 0 Å². The third-order valence-corrected chi connectivity index (χ3v) is 2.22. The van der Waals surface area contributed by atoms with E-state index in [4.69, 9.17) is 0 Å². The lowest BCUT2D eigenvalue weighted by atomic mass is 10.3. The molecule has 17 heavy (non-hydrogen) atoms. The van der Waals surface area contributed by atoms with Gasteiger partial charge in [0.1, 0.15) is 12.0 Å². The summed E-state index contributed by atoms with van der Waals surface area (Å²) in [5.41, 5.74) is 1.70. The topological polar surface area (TPSA) is 63.6 Å². The number of nitrogens with one attached hydrogen (secondary N) is 1. The van der Waals surface area contributed by atoms with Gasteiger partial charge < -0.3 is 5.32 Å². The summed E-state index contributed by atoms with van der Waals surface area (Å²) >= 11 is 0. The highest BCUT2D eigenvalue weighted by Gasteiger charge is 2.03. The fraction of sp³-hybridized carbons (Fsp3) is 0.333. The number of hydrogen-bond acceptors (Lipinski definition) is 5. The van der Waals surface area contributed by atoms with Crippen molar-refractivity contribution in [3.8, 4) is 11.5 Å². The summed E-state index contributed by atoms with van der Waals surface area (Å²) in [6.07, 6.45) is 4.93. The predicted molar refractivity (Wildman–Crippen MR) is 65.0 cm³/mol. The van der Waals surface area contributed by atoms with E-state index >= 15 is 0 Å². The normalized spacial score (nSPS) is 10.8. The minimum Gasteiger partial charge on any atom is -0.309 e. The van der Waals surface area contributed by atoms with Crippen molar-refractivity contribution >= 4 is 0 Å². The smallest absolute Gasteiger partial charge is 0.178 e. The van der Waals surface area contributed by atoms with Gasteiger partial charge in [0.2, 0.25) is 0 Å². The van der Waals surface area contributed by atoms with Gasteiger partial charge in [0, 0.05) is 25.0 Å². The Balaban J connectivity index is 2.17. The molecular formula is C12H15N5. The first kappa shape index (κ1) is 11.6. The van der Waals surface area contributed by atoms with Gasteiger partial charge in [-0.1, -0.05) is 13.8 Å². The van der Waals surface area contributed by atoms with Crippen molar-refractivity contribution in [2.24, 2.45) is 0 Å². The zero-order valence-corrected chi connectivity index (χ0v) is 9.96. The van der Waals surface area contributed by atoms with Crippen molar-refractivity contribution in [3.63, 3.8) is 0 Å². The van der Waals surface area contributed by atoms with Crippen LogP contribution in [0.15, 0.2) is 30.9 Å². The van der Waals surface area contributed by atoms with E-state index in [0.717, 1.165) is 17.9 Å². The van der Waals surface area contributed by atoms with Gasteiger partial charge in [-0.05, 0) is 12.1 Å². The van der Waals surface area contributed by atoms with Crippen LogP contribution >= 0.6 is 0 Å². The molecule has 88 valence electrons. The maximum Gasteiger partial charge on any atom is 0.178 e. The summed E-state index contributed by atoms with van der Waals surface area (Å²) in [6, 6.07) is 4.14. The van der Waals surface area contributed by atoms with Crippen LogP contribution in [0.2, 0.25) is 0 Å². The first-order valence-corrected chi connectivity index (χ1v) is 5.57. The molecule has 1 N–H and O–H groups in total. The first-order valence-electron chi connectivity index (χ1n) is 5.57. The van der Waals surface area contributed by atoms with Crippen LogP contribution in [0, 0.1) is 0 Å². The Morgan fingerprint density at radius 1 is 1.18 bits per heavy atom. The number of nitrogens with zero attached hydrogens (tertiary/aromatic N) is 4. The highest BCUT2D eigenvalue weighted by Crippen LogP contribution is 2.09. The molecule has 0 aromatic carbocycles. The van der Waals surface area contributed by atoms with E-state index < -0.39 is 0 Å². The average Bonchev–Trinajstić information content (AvgIpc) is 2.38. The van der Waals surface area contributed by atoms with Crippen LogP contribution in [0.25, 0.3) is 11.5 Å². The van der Waals surface area contributed by atoms with Crippen LogP contribution in [0.1, 0.15) is 19.5 Å². The van der Waals surface area contributed by atoms with Crippen LogP contribution < -0.4 is 5.32 Å². The van der Waals surface area contributed by atoms with Crippen molar-refractivity contribution in [1.29, 1.82) is 0 Å². The molecule has 0 aliphatic heterocycles. The Kier molecular flexibility index (Phi) is 3.72. The van der Waals surface area contributed by atoms with E-state index in [-0.39, 0.29) is 0 Å². The van der Waals surface area contributed by atoms with E-state index in [1.165, 1.54) is 6.33 Å². The second-order valence-electron chi connectivity index (χ2n) is 4.00. The third-order valence-electron chi connectivity index (χ3n) is 2.22. The van der Waals surface area contributed by atoms with Crippen molar-refractivity contribution in [2.45, 2.75) is 26.4 Å². The molecule has 0 aliphatic rings. The SMILES string of the molecule is CC(C)NCc1ccnc(-c2ccncn2)n1. The van der Waals surface area contributed by atoms with E-state index in [0.29, 0.717) is 11.9 Å². The molecule has 0 bridgehead atoms.